The van der Waals surface area contributed by atoms with Crippen LogP contribution in [0.2, 0.25) is 0 Å². The number of aromatic nitrogens is 1. The zero-order valence-corrected chi connectivity index (χ0v) is 10.0. The summed E-state index contributed by atoms with van der Waals surface area (Å²) in [6, 6.07) is 4.09. The Hall–Kier alpha value is -1.82. The highest BCUT2D eigenvalue weighted by atomic mass is 16.2. The van der Waals surface area contributed by atoms with E-state index in [0.717, 1.165) is 31.4 Å². The van der Waals surface area contributed by atoms with E-state index in [9.17, 15) is 4.79 Å². The predicted octanol–water partition coefficient (Wildman–Crippen LogP) is 2.16. The molecule has 1 unspecified atom stereocenters. The van der Waals surface area contributed by atoms with E-state index in [0.29, 0.717) is 0 Å². The van der Waals surface area contributed by atoms with E-state index in [-0.39, 0.29) is 11.9 Å². The van der Waals surface area contributed by atoms with Crippen LogP contribution in [0.15, 0.2) is 24.5 Å². The van der Waals surface area contributed by atoms with Crippen LogP contribution in [-0.4, -0.2) is 22.3 Å². The van der Waals surface area contributed by atoms with E-state index >= 15 is 0 Å². The molecule has 0 radical (unpaired) electrons. The van der Waals surface area contributed by atoms with E-state index in [2.05, 4.69) is 16.8 Å². The minimum Gasteiger partial charge on any atom is -0.325 e. The summed E-state index contributed by atoms with van der Waals surface area (Å²) in [6.07, 6.45) is 6.82. The van der Waals surface area contributed by atoms with Gasteiger partial charge in [-0.15, -0.1) is 0 Å². The van der Waals surface area contributed by atoms with Gasteiger partial charge in [0.05, 0.1) is 6.04 Å². The molecule has 2 rings (SSSR count). The summed E-state index contributed by atoms with van der Waals surface area (Å²) < 4.78 is 0. The number of likely N-dealkylation sites (tertiary alicyclic amines) is 1. The molecule has 88 valence electrons. The number of carbonyl (C=O) groups excluding carboxylic acids is 1. The smallest absolute Gasteiger partial charge is 0.298 e. The molecule has 1 amide bonds. The number of rotatable bonds is 1. The molecule has 1 aliphatic rings. The van der Waals surface area contributed by atoms with E-state index < -0.39 is 0 Å². The topological polar surface area (TPSA) is 33.2 Å². The second kappa shape index (κ2) is 5.49. The van der Waals surface area contributed by atoms with Crippen LogP contribution in [0.5, 0.6) is 0 Å². The largest absolute Gasteiger partial charge is 0.325 e. The Labute approximate surface area is 102 Å². The van der Waals surface area contributed by atoms with Gasteiger partial charge in [0.15, 0.2) is 0 Å². The molecule has 0 bridgehead atoms. The van der Waals surface area contributed by atoms with Crippen molar-refractivity contribution in [3.63, 3.8) is 0 Å². The zero-order valence-electron chi connectivity index (χ0n) is 10.0. The monoisotopic (exact) mass is 228 g/mol. The molecule has 3 nitrogen and oxygen atoms in total. The fourth-order valence-corrected chi connectivity index (χ4v) is 2.27. The van der Waals surface area contributed by atoms with Gasteiger partial charge in [-0.1, -0.05) is 12.0 Å². The highest BCUT2D eigenvalue weighted by molar-refractivity contribution is 5.93. The summed E-state index contributed by atoms with van der Waals surface area (Å²) in [6.45, 7) is 2.49. The summed E-state index contributed by atoms with van der Waals surface area (Å²) in [4.78, 5) is 17.9. The van der Waals surface area contributed by atoms with Gasteiger partial charge < -0.3 is 4.90 Å². The molecule has 1 atom stereocenters. The Kier molecular flexibility index (Phi) is 3.77. The number of carbonyl (C=O) groups is 1. The van der Waals surface area contributed by atoms with Gasteiger partial charge >= 0.3 is 0 Å². The van der Waals surface area contributed by atoms with Gasteiger partial charge in [0.1, 0.15) is 0 Å². The van der Waals surface area contributed by atoms with Crippen molar-refractivity contribution in [3.8, 4) is 11.8 Å². The number of piperidine rings is 1. The van der Waals surface area contributed by atoms with Crippen molar-refractivity contribution in [2.24, 2.45) is 0 Å². The van der Waals surface area contributed by atoms with Crippen molar-refractivity contribution in [1.29, 1.82) is 0 Å². The van der Waals surface area contributed by atoms with Gasteiger partial charge in [-0.2, -0.15) is 0 Å². The normalized spacial score (nSPS) is 19.4. The van der Waals surface area contributed by atoms with Crippen LogP contribution in [0.4, 0.5) is 0 Å². The van der Waals surface area contributed by atoms with Crippen molar-refractivity contribution < 1.29 is 4.79 Å². The van der Waals surface area contributed by atoms with E-state index in [1.165, 1.54) is 0 Å². The molecule has 0 saturated carbocycles. The molecule has 17 heavy (non-hydrogen) atoms. The average Bonchev–Trinajstić information content (AvgIpc) is 2.40. The standard InChI is InChI=1S/C14H16N2O/c1-2-6-14(17)16-10-4-3-8-13(16)12-7-5-9-15-11-12/h5,7,9,11,13H,3-4,8,10H2,1H3. The first kappa shape index (κ1) is 11.7. The molecule has 1 aromatic rings. The van der Waals surface area contributed by atoms with Crippen molar-refractivity contribution in [1.82, 2.24) is 9.88 Å². The minimum absolute atomic E-state index is 0.0685. The van der Waals surface area contributed by atoms with Crippen LogP contribution in [0.3, 0.4) is 0 Å². The number of pyridine rings is 1. The molecule has 1 aliphatic heterocycles. The highest BCUT2D eigenvalue weighted by Gasteiger charge is 2.26. The van der Waals surface area contributed by atoms with E-state index in [1.807, 2.05) is 23.2 Å². The predicted molar refractivity (Wildman–Crippen MR) is 66.0 cm³/mol. The quantitative estimate of drug-likeness (QED) is 0.690. The van der Waals surface area contributed by atoms with Crippen LogP contribution in [0, 0.1) is 11.8 Å². The lowest BCUT2D eigenvalue weighted by atomic mass is 9.96. The molecule has 0 aromatic carbocycles. The fourth-order valence-electron chi connectivity index (χ4n) is 2.27. The Morgan fingerprint density at radius 1 is 1.53 bits per heavy atom. The van der Waals surface area contributed by atoms with E-state index in [4.69, 9.17) is 0 Å². The Morgan fingerprint density at radius 3 is 3.12 bits per heavy atom. The van der Waals surface area contributed by atoms with Gasteiger partial charge in [0.2, 0.25) is 0 Å². The third-order valence-corrected chi connectivity index (χ3v) is 3.06. The first-order chi connectivity index (χ1) is 8.33. The van der Waals surface area contributed by atoms with Gasteiger partial charge in [-0.05, 0) is 43.7 Å². The lowest BCUT2D eigenvalue weighted by Crippen LogP contribution is -2.37. The highest BCUT2D eigenvalue weighted by Crippen LogP contribution is 2.30. The van der Waals surface area contributed by atoms with Crippen LogP contribution in [0.1, 0.15) is 37.8 Å². The van der Waals surface area contributed by atoms with Crippen molar-refractivity contribution in [3.05, 3.63) is 30.1 Å². The second-order valence-electron chi connectivity index (χ2n) is 4.17. The number of nitrogens with zero attached hydrogens (tertiary/aromatic N) is 2. The summed E-state index contributed by atoms with van der Waals surface area (Å²) in [5.74, 6) is 5.24. The van der Waals surface area contributed by atoms with Crippen molar-refractivity contribution in [2.75, 3.05) is 6.54 Å². The molecule has 0 aliphatic carbocycles. The second-order valence-corrected chi connectivity index (χ2v) is 4.17. The van der Waals surface area contributed by atoms with Crippen molar-refractivity contribution >= 4 is 5.91 Å². The Bertz CT molecular complexity index is 444. The van der Waals surface area contributed by atoms with Crippen LogP contribution >= 0.6 is 0 Å². The molecule has 0 spiro atoms. The number of hydrogen-bond donors (Lipinski definition) is 0. The van der Waals surface area contributed by atoms with Crippen LogP contribution in [-0.2, 0) is 4.79 Å². The molecule has 1 fully saturated rings. The molecule has 1 saturated heterocycles. The summed E-state index contributed by atoms with van der Waals surface area (Å²) in [7, 11) is 0. The van der Waals surface area contributed by atoms with Crippen LogP contribution < -0.4 is 0 Å². The lowest BCUT2D eigenvalue weighted by molar-refractivity contribution is -0.128. The van der Waals surface area contributed by atoms with Crippen LogP contribution in [0.25, 0.3) is 0 Å². The summed E-state index contributed by atoms with van der Waals surface area (Å²) in [5.41, 5.74) is 1.11. The Balaban J connectivity index is 2.23. The van der Waals surface area contributed by atoms with Crippen molar-refractivity contribution in [2.45, 2.75) is 32.2 Å². The Morgan fingerprint density at radius 2 is 2.41 bits per heavy atom. The SMILES string of the molecule is CC#CC(=O)N1CCCCC1c1cccnc1. The molecule has 3 heteroatoms. The summed E-state index contributed by atoms with van der Waals surface area (Å²) in [5, 5.41) is 0. The third-order valence-electron chi connectivity index (χ3n) is 3.06. The average molecular weight is 228 g/mol. The molecule has 2 heterocycles. The lowest BCUT2D eigenvalue weighted by Gasteiger charge is -2.34. The maximum atomic E-state index is 11.9. The minimum atomic E-state index is -0.0685. The fraction of sp³-hybridized carbons (Fsp3) is 0.429. The maximum absolute atomic E-state index is 11.9. The third kappa shape index (κ3) is 2.65. The van der Waals surface area contributed by atoms with Gasteiger partial charge in [-0.3, -0.25) is 9.78 Å². The molecular weight excluding hydrogens is 212 g/mol. The van der Waals surface area contributed by atoms with Gasteiger partial charge in [0, 0.05) is 18.9 Å². The number of hydrogen-bond acceptors (Lipinski definition) is 2. The molecular formula is C14H16N2O. The summed E-state index contributed by atoms with van der Waals surface area (Å²) >= 11 is 0. The first-order valence-electron chi connectivity index (χ1n) is 5.96. The van der Waals surface area contributed by atoms with E-state index in [1.54, 1.807) is 13.1 Å². The zero-order chi connectivity index (χ0) is 12.1. The van der Waals surface area contributed by atoms with Gasteiger partial charge in [0.25, 0.3) is 5.91 Å². The number of amides is 1. The molecule has 0 N–H and O–H groups in total. The molecule has 1 aromatic heterocycles. The van der Waals surface area contributed by atoms with Gasteiger partial charge in [-0.25, -0.2) is 0 Å². The first-order valence-corrected chi connectivity index (χ1v) is 5.96. The maximum Gasteiger partial charge on any atom is 0.298 e.